The predicted molar refractivity (Wildman–Crippen MR) is 84.0 cm³/mol. The molecule has 2 aromatic rings. The number of nitrogens with zero attached hydrogens (tertiary/aromatic N) is 1. The Morgan fingerprint density at radius 3 is 2.58 bits per heavy atom. The molecule has 0 saturated heterocycles. The van der Waals surface area contributed by atoms with Gasteiger partial charge in [0.05, 0.1) is 5.52 Å². The highest BCUT2D eigenvalue weighted by atomic mass is 15.0. The van der Waals surface area contributed by atoms with E-state index in [1.165, 1.54) is 22.1 Å². The summed E-state index contributed by atoms with van der Waals surface area (Å²) in [5.74, 6) is 1.07. The summed E-state index contributed by atoms with van der Waals surface area (Å²) in [7, 11) is 0. The molecule has 0 unspecified atom stereocenters. The summed E-state index contributed by atoms with van der Waals surface area (Å²) >= 11 is 0. The first-order chi connectivity index (χ1) is 9.17. The Hall–Kier alpha value is -1.57. The molecule has 0 radical (unpaired) electrons. The van der Waals surface area contributed by atoms with Gasteiger partial charge in [0.15, 0.2) is 0 Å². The average molecular weight is 256 g/mol. The first kappa shape index (κ1) is 13.9. The van der Waals surface area contributed by atoms with Gasteiger partial charge in [-0.15, -0.1) is 0 Å². The molecule has 0 saturated carbocycles. The number of hydrogen-bond donors (Lipinski definition) is 1. The van der Waals surface area contributed by atoms with Gasteiger partial charge in [-0.1, -0.05) is 32.4 Å². The van der Waals surface area contributed by atoms with Crippen LogP contribution in [-0.4, -0.2) is 11.5 Å². The summed E-state index contributed by atoms with van der Waals surface area (Å²) in [5.41, 5.74) is 5.08. The van der Waals surface area contributed by atoms with Crippen LogP contribution in [0.2, 0.25) is 0 Å². The molecule has 19 heavy (non-hydrogen) atoms. The number of aryl methyl sites for hydroxylation is 3. The van der Waals surface area contributed by atoms with Gasteiger partial charge < -0.3 is 5.32 Å². The van der Waals surface area contributed by atoms with Crippen LogP contribution in [0, 0.1) is 13.8 Å². The topological polar surface area (TPSA) is 24.9 Å². The van der Waals surface area contributed by atoms with E-state index in [-0.39, 0.29) is 0 Å². The third-order valence-corrected chi connectivity index (χ3v) is 3.65. The lowest BCUT2D eigenvalue weighted by atomic mass is 10.0. The molecule has 0 amide bonds. The zero-order valence-corrected chi connectivity index (χ0v) is 12.5. The maximum atomic E-state index is 4.88. The van der Waals surface area contributed by atoms with Crippen molar-refractivity contribution >= 4 is 16.7 Å². The molecule has 0 aliphatic carbocycles. The molecule has 1 heterocycles. The lowest BCUT2D eigenvalue weighted by Gasteiger charge is -2.13. The summed E-state index contributed by atoms with van der Waals surface area (Å²) in [6, 6.07) is 6.68. The molecule has 1 aromatic heterocycles. The minimum Gasteiger partial charge on any atom is -0.370 e. The molecular weight excluding hydrogens is 232 g/mol. The highest BCUT2D eigenvalue weighted by Gasteiger charge is 2.08. The van der Waals surface area contributed by atoms with Crippen molar-refractivity contribution in [2.45, 2.75) is 47.0 Å². The Morgan fingerprint density at radius 1 is 1.11 bits per heavy atom. The number of fused-ring (bicyclic) bond motifs is 1. The van der Waals surface area contributed by atoms with E-state index in [1.807, 2.05) is 0 Å². The van der Waals surface area contributed by atoms with Crippen LogP contribution in [0.3, 0.4) is 0 Å². The van der Waals surface area contributed by atoms with E-state index in [1.54, 1.807) is 0 Å². The molecule has 2 nitrogen and oxygen atoms in total. The van der Waals surface area contributed by atoms with Crippen LogP contribution >= 0.6 is 0 Å². The van der Waals surface area contributed by atoms with Crippen molar-refractivity contribution in [2.24, 2.45) is 0 Å². The van der Waals surface area contributed by atoms with E-state index in [9.17, 15) is 0 Å². The van der Waals surface area contributed by atoms with Crippen molar-refractivity contribution in [1.29, 1.82) is 0 Å². The summed E-state index contributed by atoms with van der Waals surface area (Å²) in [6.07, 6.45) is 3.36. The molecule has 1 N–H and O–H groups in total. The highest BCUT2D eigenvalue weighted by Crippen LogP contribution is 2.25. The summed E-state index contributed by atoms with van der Waals surface area (Å²) < 4.78 is 0. The standard InChI is InChI=1S/C17H24N2/c1-5-7-15-11-14-9-8-12(3)13(4)16(14)19-17(15)18-10-6-2/h8-9,11H,5-7,10H2,1-4H3,(H,18,19). The largest absolute Gasteiger partial charge is 0.370 e. The second-order valence-electron chi connectivity index (χ2n) is 5.25. The number of benzene rings is 1. The zero-order chi connectivity index (χ0) is 13.8. The van der Waals surface area contributed by atoms with Gasteiger partial charge >= 0.3 is 0 Å². The van der Waals surface area contributed by atoms with Gasteiger partial charge in [-0.25, -0.2) is 4.98 Å². The normalized spacial score (nSPS) is 10.9. The Morgan fingerprint density at radius 2 is 1.89 bits per heavy atom. The summed E-state index contributed by atoms with van der Waals surface area (Å²) in [4.78, 5) is 4.88. The van der Waals surface area contributed by atoms with Gasteiger partial charge in [0, 0.05) is 11.9 Å². The molecule has 0 spiro atoms. The molecule has 0 bridgehead atoms. The average Bonchev–Trinajstić information content (AvgIpc) is 2.41. The van der Waals surface area contributed by atoms with Crippen LogP contribution in [0.1, 0.15) is 43.4 Å². The first-order valence-corrected chi connectivity index (χ1v) is 7.31. The fourth-order valence-corrected chi connectivity index (χ4v) is 2.38. The summed E-state index contributed by atoms with van der Waals surface area (Å²) in [6.45, 7) is 9.69. The third kappa shape index (κ3) is 2.89. The second kappa shape index (κ2) is 6.05. The van der Waals surface area contributed by atoms with Gasteiger partial charge in [-0.3, -0.25) is 0 Å². The van der Waals surface area contributed by atoms with Crippen LogP contribution in [-0.2, 0) is 6.42 Å². The van der Waals surface area contributed by atoms with Crippen molar-refractivity contribution in [3.63, 3.8) is 0 Å². The number of anilines is 1. The Balaban J connectivity index is 2.55. The molecule has 0 aliphatic rings. The SMILES string of the molecule is CCCNc1nc2c(C)c(C)ccc2cc1CCC. The maximum Gasteiger partial charge on any atom is 0.129 e. The van der Waals surface area contributed by atoms with Gasteiger partial charge in [-0.2, -0.15) is 0 Å². The number of pyridine rings is 1. The molecule has 102 valence electrons. The molecular formula is C17H24N2. The van der Waals surface area contributed by atoms with E-state index in [4.69, 9.17) is 4.98 Å². The Bertz CT molecular complexity index is 573. The lowest BCUT2D eigenvalue weighted by molar-refractivity contribution is 0.906. The molecule has 1 aromatic carbocycles. The fraction of sp³-hybridized carbons (Fsp3) is 0.471. The minimum atomic E-state index is 0.986. The number of aromatic nitrogens is 1. The van der Waals surface area contributed by atoms with Crippen molar-refractivity contribution in [1.82, 2.24) is 4.98 Å². The quantitative estimate of drug-likeness (QED) is 0.844. The lowest BCUT2D eigenvalue weighted by Crippen LogP contribution is -2.06. The van der Waals surface area contributed by atoms with E-state index in [0.717, 1.165) is 37.1 Å². The monoisotopic (exact) mass is 256 g/mol. The number of nitrogens with one attached hydrogen (secondary N) is 1. The van der Waals surface area contributed by atoms with Crippen LogP contribution in [0.5, 0.6) is 0 Å². The van der Waals surface area contributed by atoms with Crippen LogP contribution in [0.4, 0.5) is 5.82 Å². The number of hydrogen-bond acceptors (Lipinski definition) is 2. The summed E-state index contributed by atoms with van der Waals surface area (Å²) in [5, 5.41) is 4.73. The van der Waals surface area contributed by atoms with Crippen molar-refractivity contribution in [3.8, 4) is 0 Å². The van der Waals surface area contributed by atoms with Gasteiger partial charge in [0.2, 0.25) is 0 Å². The van der Waals surface area contributed by atoms with Crippen LogP contribution < -0.4 is 5.32 Å². The molecule has 0 aliphatic heterocycles. The van der Waals surface area contributed by atoms with E-state index in [2.05, 4.69) is 51.2 Å². The Labute approximate surface area is 116 Å². The first-order valence-electron chi connectivity index (χ1n) is 7.31. The second-order valence-corrected chi connectivity index (χ2v) is 5.25. The smallest absolute Gasteiger partial charge is 0.129 e. The molecule has 2 rings (SSSR count). The van der Waals surface area contributed by atoms with E-state index in [0.29, 0.717) is 0 Å². The van der Waals surface area contributed by atoms with Gasteiger partial charge in [-0.05, 0) is 49.4 Å². The fourth-order valence-electron chi connectivity index (χ4n) is 2.38. The van der Waals surface area contributed by atoms with Crippen molar-refractivity contribution in [2.75, 3.05) is 11.9 Å². The van der Waals surface area contributed by atoms with Crippen molar-refractivity contribution in [3.05, 3.63) is 34.9 Å². The van der Waals surface area contributed by atoms with E-state index < -0.39 is 0 Å². The van der Waals surface area contributed by atoms with Gasteiger partial charge in [0.25, 0.3) is 0 Å². The van der Waals surface area contributed by atoms with Crippen LogP contribution in [0.25, 0.3) is 10.9 Å². The third-order valence-electron chi connectivity index (χ3n) is 3.65. The highest BCUT2D eigenvalue weighted by molar-refractivity contribution is 5.85. The van der Waals surface area contributed by atoms with Crippen LogP contribution in [0.15, 0.2) is 18.2 Å². The zero-order valence-electron chi connectivity index (χ0n) is 12.5. The van der Waals surface area contributed by atoms with Crippen molar-refractivity contribution < 1.29 is 0 Å². The molecule has 2 heteroatoms. The predicted octanol–water partition coefficient (Wildman–Crippen LogP) is 4.63. The minimum absolute atomic E-state index is 0.986. The maximum absolute atomic E-state index is 4.88. The number of rotatable bonds is 5. The molecule has 0 fully saturated rings. The van der Waals surface area contributed by atoms with Gasteiger partial charge in [0.1, 0.15) is 5.82 Å². The molecule has 0 atom stereocenters. The van der Waals surface area contributed by atoms with E-state index >= 15 is 0 Å². The Kier molecular flexibility index (Phi) is 4.41.